The molecule has 0 aromatic rings. The molecule has 1 saturated heterocycles. The van der Waals surface area contributed by atoms with E-state index < -0.39 is 5.97 Å². The summed E-state index contributed by atoms with van der Waals surface area (Å²) in [7, 11) is 0. The summed E-state index contributed by atoms with van der Waals surface area (Å²) in [5.74, 6) is 0.890. The van der Waals surface area contributed by atoms with Crippen molar-refractivity contribution < 1.29 is 9.90 Å². The van der Waals surface area contributed by atoms with Crippen molar-refractivity contribution in [3.8, 4) is 0 Å². The Bertz CT molecular complexity index is 272. The van der Waals surface area contributed by atoms with Gasteiger partial charge in [0, 0.05) is 19.0 Å². The molecule has 1 N–H and O–H groups in total. The van der Waals surface area contributed by atoms with Gasteiger partial charge in [-0.1, -0.05) is 6.92 Å². The van der Waals surface area contributed by atoms with Crippen molar-refractivity contribution >= 4 is 5.97 Å². The highest BCUT2D eigenvalue weighted by Crippen LogP contribution is 2.30. The van der Waals surface area contributed by atoms with Crippen molar-refractivity contribution in [1.29, 1.82) is 0 Å². The van der Waals surface area contributed by atoms with Crippen LogP contribution in [0.5, 0.6) is 0 Å². The molecule has 0 spiro atoms. The van der Waals surface area contributed by atoms with Crippen LogP contribution in [0.4, 0.5) is 0 Å². The summed E-state index contributed by atoms with van der Waals surface area (Å²) < 4.78 is 0. The van der Waals surface area contributed by atoms with Crippen LogP contribution < -0.4 is 0 Å². The Balaban J connectivity index is 1.77. The molecule has 1 saturated carbocycles. The van der Waals surface area contributed by atoms with Crippen molar-refractivity contribution in [2.24, 2.45) is 11.8 Å². The molecule has 0 aromatic heterocycles. The third-order valence-corrected chi connectivity index (χ3v) is 4.82. The van der Waals surface area contributed by atoms with E-state index in [1.807, 2.05) is 0 Å². The van der Waals surface area contributed by atoms with Crippen LogP contribution in [0.15, 0.2) is 0 Å². The molecule has 3 nitrogen and oxygen atoms in total. The zero-order valence-corrected chi connectivity index (χ0v) is 11.6. The first-order valence-corrected chi connectivity index (χ1v) is 7.61. The Morgan fingerprint density at radius 1 is 1.22 bits per heavy atom. The summed E-state index contributed by atoms with van der Waals surface area (Å²) >= 11 is 0. The summed E-state index contributed by atoms with van der Waals surface area (Å²) in [6, 6.07) is 0.786. The largest absolute Gasteiger partial charge is 0.481 e. The molecular weight excluding hydrogens is 226 g/mol. The molecule has 1 aliphatic carbocycles. The van der Waals surface area contributed by atoms with Gasteiger partial charge in [-0.2, -0.15) is 0 Å². The minimum absolute atomic E-state index is 0.347. The predicted octanol–water partition coefficient (Wildman–Crippen LogP) is 3.14. The molecule has 0 radical (unpaired) electrons. The van der Waals surface area contributed by atoms with Crippen molar-refractivity contribution in [2.75, 3.05) is 13.1 Å². The summed E-state index contributed by atoms with van der Waals surface area (Å²) in [5, 5.41) is 8.77. The number of nitrogens with zero attached hydrogens (tertiary/aromatic N) is 1. The number of hydrogen-bond acceptors (Lipinski definition) is 2. The van der Waals surface area contributed by atoms with Crippen LogP contribution in [0.1, 0.15) is 58.3 Å². The average Bonchev–Trinajstić information content (AvgIpc) is 2.37. The maximum atomic E-state index is 10.6. The van der Waals surface area contributed by atoms with Crippen LogP contribution in [0.2, 0.25) is 0 Å². The molecule has 1 unspecified atom stereocenters. The van der Waals surface area contributed by atoms with Gasteiger partial charge >= 0.3 is 5.97 Å². The molecule has 18 heavy (non-hydrogen) atoms. The van der Waals surface area contributed by atoms with E-state index in [0.29, 0.717) is 12.3 Å². The molecule has 2 aliphatic rings. The van der Waals surface area contributed by atoms with Crippen LogP contribution >= 0.6 is 0 Å². The highest BCUT2D eigenvalue weighted by molar-refractivity contribution is 5.66. The number of likely N-dealkylation sites (tertiary alicyclic amines) is 1. The molecule has 1 aliphatic heterocycles. The lowest BCUT2D eigenvalue weighted by molar-refractivity contribution is -0.137. The average molecular weight is 253 g/mol. The monoisotopic (exact) mass is 253 g/mol. The highest BCUT2D eigenvalue weighted by atomic mass is 16.4. The fraction of sp³-hybridized carbons (Fsp3) is 0.933. The Morgan fingerprint density at radius 2 is 1.94 bits per heavy atom. The van der Waals surface area contributed by atoms with Crippen molar-refractivity contribution in [2.45, 2.75) is 64.3 Å². The van der Waals surface area contributed by atoms with Crippen LogP contribution in [0.25, 0.3) is 0 Å². The number of carboxylic acids is 1. The molecule has 3 heteroatoms. The zero-order valence-electron chi connectivity index (χ0n) is 11.6. The number of hydrogen-bond donors (Lipinski definition) is 1. The summed E-state index contributed by atoms with van der Waals surface area (Å²) in [6.45, 7) is 4.75. The van der Waals surface area contributed by atoms with Gasteiger partial charge in [-0.25, -0.2) is 0 Å². The second-order valence-corrected chi connectivity index (χ2v) is 6.35. The number of piperidine rings is 1. The number of carboxylic acid groups (broad SMARTS) is 1. The quantitative estimate of drug-likeness (QED) is 0.836. The second-order valence-electron chi connectivity index (χ2n) is 6.35. The summed E-state index contributed by atoms with van der Waals surface area (Å²) in [5.41, 5.74) is 0. The van der Waals surface area contributed by atoms with Gasteiger partial charge in [0.15, 0.2) is 0 Å². The fourth-order valence-electron chi connectivity index (χ4n) is 3.60. The van der Waals surface area contributed by atoms with Gasteiger partial charge in [0.2, 0.25) is 0 Å². The Labute approximate surface area is 111 Å². The first kappa shape index (κ1) is 13.9. The minimum atomic E-state index is -0.640. The van der Waals surface area contributed by atoms with Crippen molar-refractivity contribution in [1.82, 2.24) is 4.90 Å². The number of rotatable bonds is 4. The van der Waals surface area contributed by atoms with E-state index in [-0.39, 0.29) is 0 Å². The lowest BCUT2D eigenvalue weighted by Crippen LogP contribution is -2.44. The molecule has 0 aromatic carbocycles. The van der Waals surface area contributed by atoms with E-state index in [1.165, 1.54) is 45.1 Å². The predicted molar refractivity (Wildman–Crippen MR) is 72.6 cm³/mol. The topological polar surface area (TPSA) is 40.5 Å². The van der Waals surface area contributed by atoms with Gasteiger partial charge in [0.05, 0.1) is 0 Å². The van der Waals surface area contributed by atoms with Gasteiger partial charge in [-0.3, -0.25) is 4.79 Å². The second kappa shape index (κ2) is 6.55. The maximum Gasteiger partial charge on any atom is 0.303 e. The Morgan fingerprint density at radius 3 is 2.61 bits per heavy atom. The van der Waals surface area contributed by atoms with E-state index in [4.69, 9.17) is 5.11 Å². The van der Waals surface area contributed by atoms with E-state index in [2.05, 4.69) is 11.8 Å². The third kappa shape index (κ3) is 3.98. The van der Waals surface area contributed by atoms with Gasteiger partial charge in [0.25, 0.3) is 0 Å². The molecule has 0 bridgehead atoms. The lowest BCUT2D eigenvalue weighted by atomic mass is 9.84. The maximum absolute atomic E-state index is 10.6. The number of carbonyl (C=O) groups is 1. The van der Waals surface area contributed by atoms with Gasteiger partial charge < -0.3 is 10.0 Å². The molecule has 2 fully saturated rings. The number of aliphatic carboxylic acids is 1. The summed E-state index contributed by atoms with van der Waals surface area (Å²) in [6.07, 6.45) is 9.17. The molecule has 1 atom stereocenters. The lowest BCUT2D eigenvalue weighted by Gasteiger charge is -2.41. The molecular formula is C15H27NO2. The minimum Gasteiger partial charge on any atom is -0.481 e. The van der Waals surface area contributed by atoms with Gasteiger partial charge in [-0.15, -0.1) is 0 Å². The van der Waals surface area contributed by atoms with E-state index in [1.54, 1.807) is 0 Å². The first-order chi connectivity index (χ1) is 8.65. The molecule has 1 heterocycles. The van der Waals surface area contributed by atoms with E-state index >= 15 is 0 Å². The van der Waals surface area contributed by atoms with Crippen LogP contribution in [-0.2, 0) is 4.79 Å². The summed E-state index contributed by atoms with van der Waals surface area (Å²) in [4.78, 5) is 13.3. The standard InChI is InChI=1S/C15H27NO2/c1-12-4-7-14(8-5-12)16-10-2-3-13(11-16)6-9-15(17)18/h12-14H,2-11H2,1H3,(H,17,18). The normalized spacial score (nSPS) is 34.4. The van der Waals surface area contributed by atoms with Crippen molar-refractivity contribution in [3.63, 3.8) is 0 Å². The zero-order chi connectivity index (χ0) is 13.0. The fourth-order valence-corrected chi connectivity index (χ4v) is 3.60. The van der Waals surface area contributed by atoms with E-state index in [9.17, 15) is 4.79 Å². The molecule has 0 amide bonds. The third-order valence-electron chi connectivity index (χ3n) is 4.82. The van der Waals surface area contributed by atoms with Crippen LogP contribution in [-0.4, -0.2) is 35.1 Å². The van der Waals surface area contributed by atoms with Crippen molar-refractivity contribution in [3.05, 3.63) is 0 Å². The molecule has 2 rings (SSSR count). The smallest absolute Gasteiger partial charge is 0.303 e. The molecule has 104 valence electrons. The highest BCUT2D eigenvalue weighted by Gasteiger charge is 2.28. The van der Waals surface area contributed by atoms with Gasteiger partial charge in [-0.05, 0) is 63.3 Å². The Hall–Kier alpha value is -0.570. The van der Waals surface area contributed by atoms with Gasteiger partial charge in [0.1, 0.15) is 0 Å². The Kier molecular flexibility index (Phi) is 5.04. The van der Waals surface area contributed by atoms with Crippen LogP contribution in [0, 0.1) is 11.8 Å². The van der Waals surface area contributed by atoms with Crippen LogP contribution in [0.3, 0.4) is 0 Å². The van der Waals surface area contributed by atoms with E-state index in [0.717, 1.165) is 24.9 Å². The first-order valence-electron chi connectivity index (χ1n) is 7.61. The SMILES string of the molecule is CC1CCC(N2CCCC(CCC(=O)O)C2)CC1.